The maximum absolute atomic E-state index is 11.9. The van der Waals surface area contributed by atoms with Gasteiger partial charge in [-0.1, -0.05) is 0 Å². The highest BCUT2D eigenvalue weighted by Crippen LogP contribution is 2.24. The van der Waals surface area contributed by atoms with Crippen molar-refractivity contribution in [3.05, 3.63) is 20.8 Å². The maximum Gasteiger partial charge on any atom is 0.252 e. The van der Waals surface area contributed by atoms with E-state index >= 15 is 0 Å². The van der Waals surface area contributed by atoms with Gasteiger partial charge in [0.05, 0.1) is 20.5 Å². The van der Waals surface area contributed by atoms with Crippen LogP contribution >= 0.6 is 27.3 Å². The van der Waals surface area contributed by atoms with Gasteiger partial charge in [0.25, 0.3) is 5.91 Å². The number of rotatable bonds is 3. The minimum atomic E-state index is -0.976. The van der Waals surface area contributed by atoms with Crippen molar-refractivity contribution in [1.82, 2.24) is 5.32 Å². The molecule has 1 rings (SSSR count). The molecule has 0 spiro atoms. The Morgan fingerprint density at radius 3 is 2.38 bits per heavy atom. The van der Waals surface area contributed by atoms with Gasteiger partial charge in [0.2, 0.25) is 0 Å². The lowest BCUT2D eigenvalue weighted by Crippen LogP contribution is -2.57. The molecule has 0 bridgehead atoms. The highest BCUT2D eigenvalue weighted by Gasteiger charge is 2.36. The molecule has 1 aromatic heterocycles. The van der Waals surface area contributed by atoms with Crippen LogP contribution in [-0.2, 0) is 0 Å². The Kier molecular flexibility index (Phi) is 3.82. The summed E-state index contributed by atoms with van der Waals surface area (Å²) in [5.74, 6) is -0.172. The number of carbonyl (C=O) groups excluding carboxylic acids is 1. The normalized spacial score (nSPS) is 12.6. The number of hydrogen-bond donors (Lipinski definition) is 2. The molecule has 1 aromatic rings. The molecule has 0 radical (unpaired) electrons. The fraction of sp³-hybridized carbons (Fsp3) is 0.545. The first kappa shape index (κ1) is 13.7. The molecule has 0 fully saturated rings. The third-order valence-electron chi connectivity index (χ3n) is 2.79. The first-order valence-electron chi connectivity index (χ1n) is 4.92. The molecule has 0 aromatic carbocycles. The van der Waals surface area contributed by atoms with Gasteiger partial charge >= 0.3 is 0 Å². The van der Waals surface area contributed by atoms with Crippen LogP contribution in [0.5, 0.6) is 0 Å². The van der Waals surface area contributed by atoms with E-state index in [1.54, 1.807) is 39.1 Å². The van der Waals surface area contributed by atoms with Crippen molar-refractivity contribution in [2.45, 2.75) is 38.8 Å². The number of thiophene rings is 1. The summed E-state index contributed by atoms with van der Waals surface area (Å²) < 4.78 is 0.915. The SMILES string of the molecule is CC(C)(O)C(C)(C)NC(=O)c1csc(Br)c1. The number of aliphatic hydroxyl groups is 1. The summed E-state index contributed by atoms with van der Waals surface area (Å²) in [6.45, 7) is 6.95. The molecule has 3 nitrogen and oxygen atoms in total. The van der Waals surface area contributed by atoms with Crippen LogP contribution in [0.1, 0.15) is 38.1 Å². The summed E-state index contributed by atoms with van der Waals surface area (Å²) in [6.07, 6.45) is 0. The molecule has 90 valence electrons. The van der Waals surface area contributed by atoms with E-state index < -0.39 is 11.1 Å². The van der Waals surface area contributed by atoms with Gasteiger partial charge in [-0.25, -0.2) is 0 Å². The molecular weight excluding hydrogens is 290 g/mol. The summed E-state index contributed by atoms with van der Waals surface area (Å²) >= 11 is 4.77. The van der Waals surface area contributed by atoms with Crippen LogP contribution < -0.4 is 5.32 Å². The second-order valence-corrected chi connectivity index (χ2v) is 7.07. The highest BCUT2D eigenvalue weighted by atomic mass is 79.9. The fourth-order valence-electron chi connectivity index (χ4n) is 0.938. The van der Waals surface area contributed by atoms with Crippen molar-refractivity contribution in [3.8, 4) is 0 Å². The van der Waals surface area contributed by atoms with Gasteiger partial charge in [0.1, 0.15) is 0 Å². The molecule has 1 heterocycles. The largest absolute Gasteiger partial charge is 0.388 e. The van der Waals surface area contributed by atoms with E-state index in [1.165, 1.54) is 11.3 Å². The van der Waals surface area contributed by atoms with Gasteiger partial charge in [0, 0.05) is 5.38 Å². The standard InChI is InChI=1S/C11H16BrNO2S/c1-10(2,11(3,4)15)13-9(14)7-5-8(12)16-6-7/h5-6,15H,1-4H3,(H,13,14). The monoisotopic (exact) mass is 305 g/mol. The zero-order valence-corrected chi connectivity index (χ0v) is 12.2. The zero-order chi connectivity index (χ0) is 12.6. The van der Waals surface area contributed by atoms with Crippen molar-refractivity contribution in [2.75, 3.05) is 0 Å². The topological polar surface area (TPSA) is 49.3 Å². The van der Waals surface area contributed by atoms with E-state index in [-0.39, 0.29) is 5.91 Å². The van der Waals surface area contributed by atoms with Gasteiger partial charge in [-0.3, -0.25) is 4.79 Å². The molecule has 0 unspecified atom stereocenters. The quantitative estimate of drug-likeness (QED) is 0.902. The lowest BCUT2D eigenvalue weighted by Gasteiger charge is -2.37. The zero-order valence-electron chi connectivity index (χ0n) is 9.80. The van der Waals surface area contributed by atoms with Crippen LogP contribution in [-0.4, -0.2) is 22.2 Å². The molecule has 0 aliphatic heterocycles. The second-order valence-electron chi connectivity index (χ2n) is 4.78. The van der Waals surface area contributed by atoms with Crippen molar-refractivity contribution < 1.29 is 9.90 Å². The second kappa shape index (κ2) is 4.47. The predicted octanol–water partition coefficient (Wildman–Crippen LogP) is 2.79. The molecule has 0 aliphatic carbocycles. The van der Waals surface area contributed by atoms with Crippen LogP contribution in [0, 0.1) is 0 Å². The van der Waals surface area contributed by atoms with Gasteiger partial charge < -0.3 is 10.4 Å². The minimum Gasteiger partial charge on any atom is -0.388 e. The molecule has 0 saturated heterocycles. The van der Waals surface area contributed by atoms with E-state index in [0.29, 0.717) is 5.56 Å². The molecule has 5 heteroatoms. The number of amides is 1. The molecule has 16 heavy (non-hydrogen) atoms. The number of halogens is 1. The molecule has 0 atom stereocenters. The Labute approximate surface area is 108 Å². The van der Waals surface area contributed by atoms with Crippen molar-refractivity contribution in [2.24, 2.45) is 0 Å². The summed E-state index contributed by atoms with van der Waals surface area (Å²) in [5.41, 5.74) is -1.05. The van der Waals surface area contributed by atoms with E-state index in [2.05, 4.69) is 21.2 Å². The van der Waals surface area contributed by atoms with E-state index in [0.717, 1.165) is 3.79 Å². The number of hydrogen-bond acceptors (Lipinski definition) is 3. The predicted molar refractivity (Wildman–Crippen MR) is 69.9 cm³/mol. The van der Waals surface area contributed by atoms with Crippen LogP contribution in [0.2, 0.25) is 0 Å². The molecule has 2 N–H and O–H groups in total. The third-order valence-corrected chi connectivity index (χ3v) is 4.29. The Morgan fingerprint density at radius 1 is 1.44 bits per heavy atom. The van der Waals surface area contributed by atoms with E-state index in [9.17, 15) is 9.90 Å². The Morgan fingerprint density at radius 2 is 2.00 bits per heavy atom. The van der Waals surface area contributed by atoms with Crippen LogP contribution in [0.15, 0.2) is 15.2 Å². The third kappa shape index (κ3) is 3.06. The van der Waals surface area contributed by atoms with E-state index in [1.807, 2.05) is 0 Å². The van der Waals surface area contributed by atoms with Crippen LogP contribution in [0.25, 0.3) is 0 Å². The molecule has 1 amide bonds. The molecular formula is C11H16BrNO2S. The highest BCUT2D eigenvalue weighted by molar-refractivity contribution is 9.11. The average molecular weight is 306 g/mol. The first-order chi connectivity index (χ1) is 7.13. The summed E-state index contributed by atoms with van der Waals surface area (Å²) in [5, 5.41) is 14.5. The lowest BCUT2D eigenvalue weighted by atomic mass is 9.86. The van der Waals surface area contributed by atoms with Gasteiger partial charge in [-0.05, 0) is 49.7 Å². The van der Waals surface area contributed by atoms with Gasteiger partial charge in [0.15, 0.2) is 0 Å². The minimum absolute atomic E-state index is 0.172. The van der Waals surface area contributed by atoms with E-state index in [4.69, 9.17) is 0 Å². The number of nitrogens with one attached hydrogen (secondary N) is 1. The lowest BCUT2D eigenvalue weighted by molar-refractivity contribution is -0.00291. The Hall–Kier alpha value is -0.390. The van der Waals surface area contributed by atoms with Crippen LogP contribution in [0.4, 0.5) is 0 Å². The summed E-state index contributed by atoms with van der Waals surface area (Å²) in [6, 6.07) is 1.76. The summed E-state index contributed by atoms with van der Waals surface area (Å²) in [4.78, 5) is 11.9. The molecule has 0 saturated carbocycles. The Bertz CT molecular complexity index is 393. The fourth-order valence-corrected chi connectivity index (χ4v) is 2.07. The number of carbonyl (C=O) groups is 1. The van der Waals surface area contributed by atoms with Crippen LogP contribution in [0.3, 0.4) is 0 Å². The first-order valence-corrected chi connectivity index (χ1v) is 6.60. The maximum atomic E-state index is 11.9. The van der Waals surface area contributed by atoms with Crippen molar-refractivity contribution in [1.29, 1.82) is 0 Å². The van der Waals surface area contributed by atoms with Crippen molar-refractivity contribution >= 4 is 33.2 Å². The average Bonchev–Trinajstić information content (AvgIpc) is 2.48. The van der Waals surface area contributed by atoms with Crippen molar-refractivity contribution in [3.63, 3.8) is 0 Å². The smallest absolute Gasteiger partial charge is 0.252 e. The van der Waals surface area contributed by atoms with Gasteiger partial charge in [-0.15, -0.1) is 11.3 Å². The molecule has 0 aliphatic rings. The Balaban J connectivity index is 2.79. The van der Waals surface area contributed by atoms with Gasteiger partial charge in [-0.2, -0.15) is 0 Å². The summed E-state index contributed by atoms with van der Waals surface area (Å²) in [7, 11) is 0.